The van der Waals surface area contributed by atoms with Gasteiger partial charge in [0.25, 0.3) is 0 Å². The van der Waals surface area contributed by atoms with Gasteiger partial charge in [-0.15, -0.1) is 0 Å². The Hall–Kier alpha value is 1.02. The van der Waals surface area contributed by atoms with E-state index >= 15 is 0 Å². The Morgan fingerprint density at radius 1 is 0.594 bits per heavy atom. The van der Waals surface area contributed by atoms with E-state index in [4.69, 9.17) is 25.3 Å². The van der Waals surface area contributed by atoms with Crippen molar-refractivity contribution in [3.8, 4) is 0 Å². The highest BCUT2D eigenvalue weighted by Crippen LogP contribution is 2.32. The first kappa shape index (κ1) is 33.0. The lowest BCUT2D eigenvalue weighted by molar-refractivity contribution is 0.0383. The minimum atomic E-state index is -3.37. The number of hydrogen-bond acceptors (Lipinski definition) is 7. The molecule has 1 N–H and O–H groups in total. The topological polar surface area (TPSA) is 75.6 Å². The predicted molar refractivity (Wildman–Crippen MR) is 148 cm³/mol. The van der Waals surface area contributed by atoms with Gasteiger partial charge in [-0.05, 0) is 91.5 Å². The molecule has 0 spiro atoms. The highest BCUT2D eigenvalue weighted by atomic mass is 28.5. The summed E-state index contributed by atoms with van der Waals surface area (Å²) < 4.78 is 39.1. The second kappa shape index (κ2) is 12.3. The zero-order valence-electron chi connectivity index (χ0n) is 23.3. The van der Waals surface area contributed by atoms with Crippen molar-refractivity contribution in [2.24, 2.45) is 0 Å². The fraction of sp³-hybridized carbons (Fsp3) is 1.00. The lowest BCUT2D eigenvalue weighted by atomic mass is 10.4. The van der Waals surface area contributed by atoms with E-state index in [2.05, 4.69) is 92.0 Å². The highest BCUT2D eigenvalue weighted by molar-refractivity contribution is 6.92. The van der Waals surface area contributed by atoms with Gasteiger partial charge in [-0.3, -0.25) is 0 Å². The first-order chi connectivity index (χ1) is 14.0. The summed E-state index contributed by atoms with van der Waals surface area (Å²) in [5, 5.41) is 10.9. The van der Waals surface area contributed by atoms with Crippen LogP contribution in [0, 0.1) is 0 Å². The van der Waals surface area contributed by atoms with E-state index in [9.17, 15) is 5.11 Å². The monoisotopic (exact) mass is 560 g/mol. The lowest BCUT2D eigenvalue weighted by Gasteiger charge is -2.46. The third-order valence-electron chi connectivity index (χ3n) is 3.51. The molecule has 0 aromatic heterocycles. The molecule has 0 rings (SSSR count). The van der Waals surface area contributed by atoms with Crippen molar-refractivity contribution in [2.45, 2.75) is 111 Å². The van der Waals surface area contributed by atoms with E-state index in [0.29, 0.717) is 6.61 Å². The molecule has 0 bridgehead atoms. The zero-order chi connectivity index (χ0) is 25.6. The van der Waals surface area contributed by atoms with Crippen LogP contribution in [0.2, 0.25) is 91.2 Å². The molecule has 13 heteroatoms. The van der Waals surface area contributed by atoms with Crippen molar-refractivity contribution in [1.29, 1.82) is 0 Å². The fourth-order valence-electron chi connectivity index (χ4n) is 3.63. The van der Waals surface area contributed by atoms with Crippen molar-refractivity contribution < 1.29 is 30.4 Å². The minimum Gasteiger partial charge on any atom is -0.437 e. The third-order valence-corrected chi connectivity index (χ3v) is 23.4. The summed E-state index contributed by atoms with van der Waals surface area (Å²) in [7, 11) is -14.4. The van der Waals surface area contributed by atoms with Crippen LogP contribution >= 0.6 is 0 Å². The van der Waals surface area contributed by atoms with Gasteiger partial charge in [0.15, 0.2) is 25.0 Å². The van der Waals surface area contributed by atoms with Crippen molar-refractivity contribution in [3.05, 3.63) is 0 Å². The van der Waals surface area contributed by atoms with Crippen LogP contribution in [0.4, 0.5) is 0 Å². The zero-order valence-corrected chi connectivity index (χ0v) is 29.3. The molecule has 0 aliphatic carbocycles. The summed E-state index contributed by atoms with van der Waals surface area (Å²) >= 11 is 0. The second-order valence-electron chi connectivity index (χ2n) is 12.3. The van der Waals surface area contributed by atoms with Crippen LogP contribution in [0.5, 0.6) is 0 Å². The molecule has 0 aliphatic rings. The van der Waals surface area contributed by atoms with Gasteiger partial charge in [-0.25, -0.2) is 0 Å². The first-order valence-electron chi connectivity index (χ1n) is 11.8. The van der Waals surface area contributed by atoms with Crippen LogP contribution in [0.1, 0.15) is 13.3 Å². The number of aliphatic hydroxyl groups excluding tert-OH is 1. The van der Waals surface area contributed by atoms with Crippen LogP contribution in [-0.2, 0) is 25.3 Å². The molecule has 0 saturated carbocycles. The average Bonchev–Trinajstić information content (AvgIpc) is 2.37. The van der Waals surface area contributed by atoms with E-state index in [1.807, 2.05) is 0 Å². The molecule has 32 heavy (non-hydrogen) atoms. The molecule has 0 aromatic carbocycles. The Kier molecular flexibility index (Phi) is 12.7. The summed E-state index contributed by atoms with van der Waals surface area (Å²) in [5.74, 6) is 0. The first-order valence-corrected chi connectivity index (χ1v) is 29.5. The van der Waals surface area contributed by atoms with E-state index in [1.165, 1.54) is 0 Å². The third kappa shape index (κ3) is 16.6. The molecule has 7 nitrogen and oxygen atoms in total. The molecule has 0 aromatic rings. The van der Waals surface area contributed by atoms with Gasteiger partial charge >= 0.3 is 25.9 Å². The Morgan fingerprint density at radius 3 is 1.28 bits per heavy atom. The Balaban J connectivity index is 6.20. The normalized spacial score (nSPS) is 15.8. The quantitative estimate of drug-likeness (QED) is 0.191. The Morgan fingerprint density at radius 2 is 0.969 bits per heavy atom. The minimum absolute atomic E-state index is 0.234. The molecule has 194 valence electrons. The second-order valence-corrected chi connectivity index (χ2v) is 36.4. The largest absolute Gasteiger partial charge is 0.475 e. The predicted octanol–water partition coefficient (Wildman–Crippen LogP) is 5.70. The van der Waals surface area contributed by atoms with Crippen LogP contribution in [0.15, 0.2) is 0 Å². The molecule has 0 fully saturated rings. The SMILES string of the molecule is CCCOCC(O)C[Si](O[Si](C)(C)C)(O[Si](C)(C)O[Si](C)(C)C)O[Si](C)(C)O[Si](C)(C)C. The molecule has 0 saturated heterocycles. The summed E-state index contributed by atoms with van der Waals surface area (Å²) in [6.07, 6.45) is 0.166. The number of aliphatic hydroxyl groups is 1. The van der Waals surface area contributed by atoms with E-state index < -0.39 is 57.0 Å². The van der Waals surface area contributed by atoms with Gasteiger partial charge in [0.05, 0.1) is 12.7 Å². The van der Waals surface area contributed by atoms with Crippen molar-refractivity contribution >= 4 is 50.9 Å². The van der Waals surface area contributed by atoms with Crippen molar-refractivity contribution in [1.82, 2.24) is 0 Å². The lowest BCUT2D eigenvalue weighted by Crippen LogP contribution is -2.65. The maximum absolute atomic E-state index is 10.9. The van der Waals surface area contributed by atoms with Crippen LogP contribution in [0.25, 0.3) is 0 Å². The summed E-state index contributed by atoms with van der Waals surface area (Å²) in [6.45, 7) is 30.5. The van der Waals surface area contributed by atoms with Gasteiger partial charge in [0.2, 0.25) is 0 Å². The summed E-state index contributed by atoms with van der Waals surface area (Å²) in [5.41, 5.74) is 0. The smallest absolute Gasteiger partial charge is 0.437 e. The number of rotatable bonds is 16. The van der Waals surface area contributed by atoms with Gasteiger partial charge in [-0.2, -0.15) is 0 Å². The standard InChI is InChI=1S/C19H52O7Si6/c1-15-16-21-17-19(20)18-32(24-29(8,9)10,25-30(11,12)22-27(2,3)4)26-31(13,14)23-28(5,6)7/h19-20H,15-18H2,1-14H3. The maximum atomic E-state index is 10.9. The van der Waals surface area contributed by atoms with E-state index in [1.54, 1.807) is 0 Å². The molecule has 0 amide bonds. The van der Waals surface area contributed by atoms with Crippen molar-refractivity contribution in [3.63, 3.8) is 0 Å². The fourth-order valence-corrected chi connectivity index (χ4v) is 29.6. The van der Waals surface area contributed by atoms with E-state index in [-0.39, 0.29) is 12.7 Å². The van der Waals surface area contributed by atoms with Gasteiger partial charge in [0, 0.05) is 12.7 Å². The Bertz CT molecular complexity index is 526. The van der Waals surface area contributed by atoms with Gasteiger partial charge in [-0.1, -0.05) is 6.92 Å². The molecule has 1 atom stereocenters. The summed E-state index contributed by atoms with van der Waals surface area (Å²) in [4.78, 5) is 0. The molecular weight excluding hydrogens is 509 g/mol. The van der Waals surface area contributed by atoms with Crippen LogP contribution < -0.4 is 0 Å². The summed E-state index contributed by atoms with van der Waals surface area (Å²) in [6, 6.07) is 0.276. The maximum Gasteiger partial charge on any atom is 0.475 e. The number of hydrogen-bond donors (Lipinski definition) is 1. The van der Waals surface area contributed by atoms with Gasteiger partial charge < -0.3 is 30.4 Å². The molecule has 0 aliphatic heterocycles. The van der Waals surface area contributed by atoms with Crippen LogP contribution in [0.3, 0.4) is 0 Å². The van der Waals surface area contributed by atoms with Gasteiger partial charge in [0.1, 0.15) is 0 Å². The highest BCUT2D eigenvalue weighted by Gasteiger charge is 2.55. The average molecular weight is 561 g/mol. The molecule has 1 unspecified atom stereocenters. The Labute approximate surface area is 204 Å². The number of ether oxygens (including phenoxy) is 1. The molecule has 0 radical (unpaired) electrons. The van der Waals surface area contributed by atoms with Crippen molar-refractivity contribution in [2.75, 3.05) is 13.2 Å². The molecule has 0 heterocycles. The molecular formula is C19H52O7Si6. The van der Waals surface area contributed by atoms with E-state index in [0.717, 1.165) is 6.42 Å². The van der Waals surface area contributed by atoms with Crippen LogP contribution in [-0.4, -0.2) is 75.3 Å².